The molecule has 3 aliphatic rings. The average Bonchev–Trinajstić information content (AvgIpc) is 3.11. The molecule has 0 radical (unpaired) electrons. The highest BCUT2D eigenvalue weighted by Crippen LogP contribution is 2.46. The third-order valence-electron chi connectivity index (χ3n) is 6.67. The monoisotopic (exact) mass is 524 g/mol. The van der Waals surface area contributed by atoms with Crippen LogP contribution < -0.4 is 15.9 Å². The van der Waals surface area contributed by atoms with E-state index in [0.29, 0.717) is 52.6 Å². The summed E-state index contributed by atoms with van der Waals surface area (Å²) in [6.07, 6.45) is 0. The Bertz CT molecular complexity index is 1530. The fraction of sp³-hybridized carbons (Fsp3) is 0.364. The smallest absolute Gasteiger partial charge is 0.349 e. The lowest BCUT2D eigenvalue weighted by molar-refractivity contribution is 0.423. The first kappa shape index (κ1) is 22.3. The molecule has 2 aromatic carbocycles. The fourth-order valence-corrected chi connectivity index (χ4v) is 8.76. The van der Waals surface area contributed by atoms with Crippen molar-refractivity contribution in [1.82, 2.24) is 14.9 Å². The number of thioether (sulfide) groups is 1. The first-order valence-electron chi connectivity index (χ1n) is 10.8. The number of fused-ring (bicyclic) bond motifs is 1. The SMILES string of the molecule is O=c1nc(N2CCN[C@@H]3CS(=O)(=O)C[C@@H]32)c2cc(Cl)c(-c3ccc(F)cc3F)c3c2n1CCS3. The van der Waals surface area contributed by atoms with E-state index in [9.17, 15) is 22.0 Å². The molecule has 178 valence electrons. The lowest BCUT2D eigenvalue weighted by Gasteiger charge is -2.39. The summed E-state index contributed by atoms with van der Waals surface area (Å²) in [6.45, 7) is 1.46. The number of nitrogens with zero attached hydrogens (tertiary/aromatic N) is 3. The van der Waals surface area contributed by atoms with Gasteiger partial charge in [0.25, 0.3) is 0 Å². The molecule has 0 bridgehead atoms. The summed E-state index contributed by atoms with van der Waals surface area (Å²) in [5.41, 5.74) is 0.695. The summed E-state index contributed by atoms with van der Waals surface area (Å²) in [5.74, 6) is -0.461. The van der Waals surface area contributed by atoms with Gasteiger partial charge in [0.1, 0.15) is 17.5 Å². The maximum Gasteiger partial charge on any atom is 0.350 e. The summed E-state index contributed by atoms with van der Waals surface area (Å²) in [6, 6.07) is 4.38. The second-order valence-corrected chi connectivity index (χ2v) is 12.4. The van der Waals surface area contributed by atoms with E-state index in [2.05, 4.69) is 10.3 Å². The molecular formula is C22H19ClF2N4O3S2. The van der Waals surface area contributed by atoms with Crippen LogP contribution >= 0.6 is 23.4 Å². The molecule has 34 heavy (non-hydrogen) atoms. The minimum atomic E-state index is -3.22. The Balaban J connectivity index is 1.62. The van der Waals surface area contributed by atoms with E-state index < -0.39 is 27.2 Å². The second-order valence-electron chi connectivity index (χ2n) is 8.70. The van der Waals surface area contributed by atoms with E-state index >= 15 is 0 Å². The van der Waals surface area contributed by atoms with Crippen molar-refractivity contribution in [3.63, 3.8) is 0 Å². The van der Waals surface area contributed by atoms with Gasteiger partial charge in [-0.05, 0) is 18.2 Å². The van der Waals surface area contributed by atoms with E-state index in [1.165, 1.54) is 23.9 Å². The van der Waals surface area contributed by atoms with Crippen LogP contribution in [0.15, 0.2) is 34.0 Å². The van der Waals surface area contributed by atoms with Crippen molar-refractivity contribution in [3.05, 3.63) is 51.4 Å². The Morgan fingerprint density at radius 2 is 2.00 bits per heavy atom. The number of nitrogens with one attached hydrogen (secondary N) is 1. The molecule has 2 fully saturated rings. The van der Waals surface area contributed by atoms with Gasteiger partial charge in [0.15, 0.2) is 9.84 Å². The molecule has 6 rings (SSSR count). The number of aryl methyl sites for hydroxylation is 1. The maximum absolute atomic E-state index is 14.8. The molecule has 0 amide bonds. The van der Waals surface area contributed by atoms with Gasteiger partial charge in [-0.15, -0.1) is 11.8 Å². The van der Waals surface area contributed by atoms with Crippen molar-refractivity contribution in [2.24, 2.45) is 0 Å². The summed E-state index contributed by atoms with van der Waals surface area (Å²) in [7, 11) is -3.22. The first-order valence-corrected chi connectivity index (χ1v) is 14.0. The first-order chi connectivity index (χ1) is 16.2. The molecule has 0 aliphatic carbocycles. The molecular weight excluding hydrogens is 506 g/mol. The predicted molar refractivity (Wildman–Crippen MR) is 129 cm³/mol. The molecule has 3 aliphatic heterocycles. The van der Waals surface area contributed by atoms with E-state index in [-0.39, 0.29) is 34.2 Å². The summed E-state index contributed by atoms with van der Waals surface area (Å²) in [4.78, 5) is 20.0. The van der Waals surface area contributed by atoms with Crippen LogP contribution in [0.3, 0.4) is 0 Å². The van der Waals surface area contributed by atoms with Crippen molar-refractivity contribution in [2.45, 2.75) is 23.5 Å². The molecule has 0 spiro atoms. The Labute approximate surface area is 203 Å². The normalized spacial score (nSPS) is 23.3. The average molecular weight is 525 g/mol. The Hall–Kier alpha value is -2.21. The van der Waals surface area contributed by atoms with Gasteiger partial charge in [-0.2, -0.15) is 4.98 Å². The number of benzene rings is 2. The summed E-state index contributed by atoms with van der Waals surface area (Å²) < 4.78 is 54.6. The van der Waals surface area contributed by atoms with Crippen LogP contribution in [-0.2, 0) is 16.4 Å². The van der Waals surface area contributed by atoms with Crippen molar-refractivity contribution in [1.29, 1.82) is 0 Å². The van der Waals surface area contributed by atoms with Crippen LogP contribution in [0.2, 0.25) is 5.02 Å². The lowest BCUT2D eigenvalue weighted by atomic mass is 10.0. The highest BCUT2D eigenvalue weighted by Gasteiger charge is 2.44. The van der Waals surface area contributed by atoms with Crippen molar-refractivity contribution >= 4 is 49.9 Å². The summed E-state index contributed by atoms with van der Waals surface area (Å²) >= 11 is 8.16. The molecule has 2 atom stereocenters. The van der Waals surface area contributed by atoms with E-state index in [0.717, 1.165) is 6.07 Å². The van der Waals surface area contributed by atoms with Crippen molar-refractivity contribution in [2.75, 3.05) is 35.2 Å². The van der Waals surface area contributed by atoms with Crippen molar-refractivity contribution < 1.29 is 17.2 Å². The Kier molecular flexibility index (Phi) is 5.18. The van der Waals surface area contributed by atoms with Crippen LogP contribution in [0.1, 0.15) is 0 Å². The van der Waals surface area contributed by atoms with Crippen LogP contribution in [0.5, 0.6) is 0 Å². The van der Waals surface area contributed by atoms with Crippen LogP contribution in [0.25, 0.3) is 22.0 Å². The molecule has 1 aromatic heterocycles. The van der Waals surface area contributed by atoms with Crippen LogP contribution in [0.4, 0.5) is 14.6 Å². The minimum absolute atomic E-state index is 0.0227. The molecule has 3 aromatic rings. The highest BCUT2D eigenvalue weighted by molar-refractivity contribution is 7.99. The van der Waals surface area contributed by atoms with Gasteiger partial charge >= 0.3 is 5.69 Å². The fourth-order valence-electron chi connectivity index (χ4n) is 5.24. The summed E-state index contributed by atoms with van der Waals surface area (Å²) in [5, 5.41) is 4.13. The second kappa shape index (κ2) is 7.91. The number of hydrogen-bond acceptors (Lipinski definition) is 7. The minimum Gasteiger partial charge on any atom is -0.349 e. The van der Waals surface area contributed by atoms with Gasteiger partial charge < -0.3 is 10.2 Å². The van der Waals surface area contributed by atoms with Gasteiger partial charge in [0.05, 0.1) is 28.1 Å². The topological polar surface area (TPSA) is 84.3 Å². The largest absolute Gasteiger partial charge is 0.350 e. The molecule has 0 unspecified atom stereocenters. The van der Waals surface area contributed by atoms with Gasteiger partial charge in [-0.25, -0.2) is 22.0 Å². The van der Waals surface area contributed by atoms with Crippen LogP contribution in [0, 0.1) is 11.6 Å². The number of piperazine rings is 1. The zero-order chi connectivity index (χ0) is 23.8. The van der Waals surface area contributed by atoms with Gasteiger partial charge in [0, 0.05) is 58.9 Å². The molecule has 2 saturated heterocycles. The number of rotatable bonds is 2. The zero-order valence-electron chi connectivity index (χ0n) is 17.7. The van der Waals surface area contributed by atoms with Crippen molar-refractivity contribution in [3.8, 4) is 11.1 Å². The van der Waals surface area contributed by atoms with Crippen LogP contribution in [-0.4, -0.2) is 60.4 Å². The number of anilines is 1. The quantitative estimate of drug-likeness (QED) is 0.552. The van der Waals surface area contributed by atoms with Gasteiger partial charge in [-0.3, -0.25) is 4.57 Å². The number of sulfone groups is 1. The molecule has 1 N–H and O–H groups in total. The number of halogens is 3. The predicted octanol–water partition coefficient (Wildman–Crippen LogP) is 2.68. The van der Waals surface area contributed by atoms with E-state index in [4.69, 9.17) is 11.6 Å². The maximum atomic E-state index is 14.8. The molecule has 4 heterocycles. The third-order valence-corrected chi connectivity index (χ3v) is 9.75. The molecule has 7 nitrogen and oxygen atoms in total. The standard InChI is InChI=1S/C22H19ClF2N4O3S2/c23-14-8-13-19-20(18(14)12-2-1-11(24)7-15(12)25)33-6-5-29(19)22(30)27-21(13)28-4-3-26-16-9-34(31,32)10-17(16)28/h1-2,7-8,16-17,26H,3-6,9-10H2/t16-,17+/m1/s1. The van der Waals surface area contributed by atoms with E-state index in [1.807, 2.05) is 4.90 Å². The van der Waals surface area contributed by atoms with E-state index in [1.54, 1.807) is 10.6 Å². The van der Waals surface area contributed by atoms with Gasteiger partial charge in [0.2, 0.25) is 0 Å². The highest BCUT2D eigenvalue weighted by atomic mass is 35.5. The Morgan fingerprint density at radius 3 is 2.79 bits per heavy atom. The van der Waals surface area contributed by atoms with Gasteiger partial charge in [-0.1, -0.05) is 11.6 Å². The number of hydrogen-bond donors (Lipinski definition) is 1. The number of aromatic nitrogens is 2. The Morgan fingerprint density at radius 1 is 1.18 bits per heavy atom. The molecule has 0 saturated carbocycles. The lowest BCUT2D eigenvalue weighted by Crippen LogP contribution is -2.58. The molecule has 12 heteroatoms. The third kappa shape index (κ3) is 3.43. The zero-order valence-corrected chi connectivity index (χ0v) is 20.1.